The molecule has 27 heavy (non-hydrogen) atoms. The van der Waals surface area contributed by atoms with Gasteiger partial charge in [-0.05, 0) is 29.7 Å². The minimum absolute atomic E-state index is 0.0355. The molecule has 0 bridgehead atoms. The summed E-state index contributed by atoms with van der Waals surface area (Å²) in [6.45, 7) is 0.0191. The SMILES string of the molecule is O=C(O)CNC(=O)Cc1ccc(NC(=O)COCCc2ccccc2)cc1. The molecule has 0 aliphatic heterocycles. The van der Waals surface area contributed by atoms with Crippen LogP contribution in [0.4, 0.5) is 5.69 Å². The van der Waals surface area contributed by atoms with E-state index in [9.17, 15) is 14.4 Å². The third-order valence-corrected chi connectivity index (χ3v) is 3.65. The van der Waals surface area contributed by atoms with Gasteiger partial charge in [-0.15, -0.1) is 0 Å². The fourth-order valence-corrected chi connectivity index (χ4v) is 2.32. The average Bonchev–Trinajstić information content (AvgIpc) is 2.66. The van der Waals surface area contributed by atoms with Gasteiger partial charge in [-0.2, -0.15) is 0 Å². The van der Waals surface area contributed by atoms with Gasteiger partial charge < -0.3 is 20.5 Å². The van der Waals surface area contributed by atoms with Gasteiger partial charge in [-0.1, -0.05) is 42.5 Å². The molecule has 2 rings (SSSR count). The van der Waals surface area contributed by atoms with Crippen LogP contribution in [0.5, 0.6) is 0 Å². The van der Waals surface area contributed by atoms with E-state index in [4.69, 9.17) is 9.84 Å². The molecular weight excluding hydrogens is 348 g/mol. The molecule has 7 nitrogen and oxygen atoms in total. The first-order valence-electron chi connectivity index (χ1n) is 8.52. The van der Waals surface area contributed by atoms with Crippen molar-refractivity contribution in [3.8, 4) is 0 Å². The Labute approximate surface area is 157 Å². The Bertz CT molecular complexity index is 760. The summed E-state index contributed by atoms with van der Waals surface area (Å²) >= 11 is 0. The smallest absolute Gasteiger partial charge is 0.322 e. The molecule has 0 saturated heterocycles. The van der Waals surface area contributed by atoms with E-state index in [2.05, 4.69) is 10.6 Å². The van der Waals surface area contributed by atoms with E-state index in [0.717, 1.165) is 17.5 Å². The first-order chi connectivity index (χ1) is 13.0. The normalized spacial score (nSPS) is 10.2. The lowest BCUT2D eigenvalue weighted by atomic mass is 10.1. The van der Waals surface area contributed by atoms with E-state index in [1.54, 1.807) is 24.3 Å². The summed E-state index contributed by atoms with van der Waals surface area (Å²) in [4.78, 5) is 33.9. The Hall–Kier alpha value is -3.19. The summed E-state index contributed by atoms with van der Waals surface area (Å²) in [7, 11) is 0. The number of anilines is 1. The number of carbonyl (C=O) groups excluding carboxylic acids is 2. The van der Waals surface area contributed by atoms with Gasteiger partial charge in [0.25, 0.3) is 0 Å². The van der Waals surface area contributed by atoms with Crippen molar-refractivity contribution >= 4 is 23.5 Å². The number of aliphatic carboxylic acids is 1. The summed E-state index contributed by atoms with van der Waals surface area (Å²) in [5.41, 5.74) is 2.47. The highest BCUT2D eigenvalue weighted by Gasteiger charge is 2.06. The minimum atomic E-state index is -1.09. The highest BCUT2D eigenvalue weighted by atomic mass is 16.5. The predicted octanol–water partition coefficient (Wildman–Crippen LogP) is 1.63. The van der Waals surface area contributed by atoms with Crippen LogP contribution in [0.2, 0.25) is 0 Å². The zero-order chi connectivity index (χ0) is 19.5. The van der Waals surface area contributed by atoms with Crippen molar-refractivity contribution in [1.82, 2.24) is 5.32 Å². The number of hydrogen-bond donors (Lipinski definition) is 3. The molecule has 0 saturated carbocycles. The second-order valence-corrected chi connectivity index (χ2v) is 5.88. The molecule has 3 N–H and O–H groups in total. The third kappa shape index (κ3) is 8.15. The quantitative estimate of drug-likeness (QED) is 0.552. The molecule has 0 unspecified atom stereocenters. The van der Waals surface area contributed by atoms with Gasteiger partial charge in [0, 0.05) is 5.69 Å². The van der Waals surface area contributed by atoms with Gasteiger partial charge in [0.15, 0.2) is 0 Å². The van der Waals surface area contributed by atoms with E-state index in [1.165, 1.54) is 0 Å². The summed E-state index contributed by atoms with van der Waals surface area (Å²) in [6.07, 6.45) is 0.816. The lowest BCUT2D eigenvalue weighted by Crippen LogP contribution is -2.30. The fraction of sp³-hybridized carbons (Fsp3) is 0.250. The zero-order valence-corrected chi connectivity index (χ0v) is 14.8. The third-order valence-electron chi connectivity index (χ3n) is 3.65. The van der Waals surface area contributed by atoms with Crippen LogP contribution in [0.3, 0.4) is 0 Å². The minimum Gasteiger partial charge on any atom is -0.480 e. The van der Waals surface area contributed by atoms with Gasteiger partial charge in [0.05, 0.1) is 13.0 Å². The molecule has 2 amide bonds. The molecule has 142 valence electrons. The van der Waals surface area contributed by atoms with Gasteiger partial charge in [-0.25, -0.2) is 0 Å². The van der Waals surface area contributed by atoms with Crippen molar-refractivity contribution in [1.29, 1.82) is 0 Å². The van der Waals surface area contributed by atoms with Crippen molar-refractivity contribution in [2.24, 2.45) is 0 Å². The highest BCUT2D eigenvalue weighted by molar-refractivity contribution is 5.91. The van der Waals surface area contributed by atoms with Crippen LogP contribution in [0.1, 0.15) is 11.1 Å². The first kappa shape index (κ1) is 20.1. The maximum atomic E-state index is 11.9. The summed E-state index contributed by atoms with van der Waals surface area (Å²) < 4.78 is 5.38. The number of nitrogens with one attached hydrogen (secondary N) is 2. The van der Waals surface area contributed by atoms with E-state index >= 15 is 0 Å². The zero-order valence-electron chi connectivity index (χ0n) is 14.8. The lowest BCUT2D eigenvalue weighted by Gasteiger charge is -2.08. The Morgan fingerprint density at radius 2 is 1.59 bits per heavy atom. The number of carbonyl (C=O) groups is 3. The number of hydrogen-bond acceptors (Lipinski definition) is 4. The average molecular weight is 370 g/mol. The number of carboxylic acids is 1. The summed E-state index contributed by atoms with van der Waals surface area (Å²) in [6, 6.07) is 16.6. The van der Waals surface area contributed by atoms with E-state index < -0.39 is 12.5 Å². The van der Waals surface area contributed by atoms with Crippen molar-refractivity contribution in [2.45, 2.75) is 12.8 Å². The van der Waals surface area contributed by atoms with Crippen molar-refractivity contribution in [2.75, 3.05) is 25.1 Å². The molecule has 0 radical (unpaired) electrons. The van der Waals surface area contributed by atoms with Gasteiger partial charge in [-0.3, -0.25) is 14.4 Å². The van der Waals surface area contributed by atoms with Crippen LogP contribution in [0.25, 0.3) is 0 Å². The summed E-state index contributed by atoms with van der Waals surface area (Å²) in [5.74, 6) is -1.72. The largest absolute Gasteiger partial charge is 0.480 e. The molecule has 7 heteroatoms. The first-order valence-corrected chi connectivity index (χ1v) is 8.52. The summed E-state index contributed by atoms with van der Waals surface area (Å²) in [5, 5.41) is 13.5. The highest BCUT2D eigenvalue weighted by Crippen LogP contribution is 2.10. The standard InChI is InChI=1S/C20H22N2O5/c23-18(21-13-20(25)26)12-16-6-8-17(9-7-16)22-19(24)14-27-11-10-15-4-2-1-3-5-15/h1-9H,10-14H2,(H,21,23)(H,22,24)(H,25,26). The fourth-order valence-electron chi connectivity index (χ4n) is 2.32. The molecule has 0 fully saturated rings. The molecule has 0 aliphatic rings. The van der Waals surface area contributed by atoms with E-state index in [0.29, 0.717) is 12.3 Å². The van der Waals surface area contributed by atoms with Gasteiger partial charge in [0.1, 0.15) is 13.2 Å². The topological polar surface area (TPSA) is 105 Å². The Morgan fingerprint density at radius 1 is 0.889 bits per heavy atom. The van der Waals surface area contributed by atoms with Crippen LogP contribution < -0.4 is 10.6 Å². The maximum absolute atomic E-state index is 11.9. The van der Waals surface area contributed by atoms with Gasteiger partial charge in [0.2, 0.25) is 11.8 Å². The Kier molecular flexibility index (Phi) is 7.99. The number of amides is 2. The van der Waals surface area contributed by atoms with Crippen molar-refractivity contribution in [3.05, 3.63) is 65.7 Å². The van der Waals surface area contributed by atoms with E-state index in [1.807, 2.05) is 30.3 Å². The molecule has 0 aromatic heterocycles. The molecule has 0 atom stereocenters. The monoisotopic (exact) mass is 370 g/mol. The van der Waals surface area contributed by atoms with Crippen LogP contribution >= 0.6 is 0 Å². The van der Waals surface area contributed by atoms with Crippen LogP contribution in [0, 0.1) is 0 Å². The van der Waals surface area contributed by atoms with Crippen molar-refractivity contribution < 1.29 is 24.2 Å². The molecular formula is C20H22N2O5. The van der Waals surface area contributed by atoms with Gasteiger partial charge >= 0.3 is 5.97 Å². The van der Waals surface area contributed by atoms with Crippen LogP contribution in [-0.2, 0) is 32.0 Å². The van der Waals surface area contributed by atoms with Crippen molar-refractivity contribution in [3.63, 3.8) is 0 Å². The number of benzene rings is 2. The predicted molar refractivity (Wildman–Crippen MR) is 100 cm³/mol. The van der Waals surface area contributed by atoms with Crippen LogP contribution in [0.15, 0.2) is 54.6 Å². The second-order valence-electron chi connectivity index (χ2n) is 5.88. The molecule has 0 spiro atoms. The molecule has 2 aromatic rings. The van der Waals surface area contributed by atoms with E-state index in [-0.39, 0.29) is 24.8 Å². The molecule has 0 heterocycles. The second kappa shape index (κ2) is 10.7. The molecule has 2 aromatic carbocycles. The number of carboxylic acid groups (broad SMARTS) is 1. The number of ether oxygens (including phenoxy) is 1. The maximum Gasteiger partial charge on any atom is 0.322 e. The number of rotatable bonds is 10. The Morgan fingerprint density at radius 3 is 2.26 bits per heavy atom. The molecule has 0 aliphatic carbocycles. The Balaban J connectivity index is 1.68. The lowest BCUT2D eigenvalue weighted by molar-refractivity contribution is -0.137. The van der Waals surface area contributed by atoms with Crippen LogP contribution in [-0.4, -0.2) is 42.6 Å².